The van der Waals surface area contributed by atoms with Crippen LogP contribution in [0.3, 0.4) is 0 Å². The number of allylic oxidation sites excluding steroid dienone is 14. The van der Waals surface area contributed by atoms with Crippen molar-refractivity contribution in [3.8, 4) is 0 Å². The van der Waals surface area contributed by atoms with E-state index in [9.17, 15) is 19.5 Å². The van der Waals surface area contributed by atoms with Crippen LogP contribution in [0.15, 0.2) is 85.1 Å². The van der Waals surface area contributed by atoms with E-state index in [0.717, 1.165) is 103 Å². The smallest absolute Gasteiger partial charge is 0.362 e. The van der Waals surface area contributed by atoms with Gasteiger partial charge in [0.2, 0.25) is 0 Å². The summed E-state index contributed by atoms with van der Waals surface area (Å²) in [5.41, 5.74) is 0. The molecule has 0 rings (SSSR count). The van der Waals surface area contributed by atoms with E-state index in [1.165, 1.54) is 44.9 Å². The maximum Gasteiger partial charge on any atom is 0.362 e. The zero-order chi connectivity index (χ0) is 44.9. The molecule has 0 saturated heterocycles. The highest BCUT2D eigenvalue weighted by Gasteiger charge is 2.31. The van der Waals surface area contributed by atoms with Crippen LogP contribution in [0.2, 0.25) is 0 Å². The van der Waals surface area contributed by atoms with Crippen molar-refractivity contribution in [2.24, 2.45) is 0 Å². The number of ether oxygens (including phenoxy) is 3. The molecule has 0 aromatic heterocycles. The molecule has 0 heterocycles. The van der Waals surface area contributed by atoms with Crippen molar-refractivity contribution >= 4 is 17.9 Å². The number of carbonyl (C=O) groups excluding carboxylic acids is 2. The van der Waals surface area contributed by atoms with Gasteiger partial charge in [0, 0.05) is 19.3 Å². The molecule has 2 atom stereocenters. The molecule has 0 spiro atoms. The van der Waals surface area contributed by atoms with E-state index in [2.05, 4.69) is 98.9 Å². The minimum absolute atomic E-state index is 0.0393. The Hall–Kier alpha value is -3.49. The first-order valence-electron chi connectivity index (χ1n) is 24.1. The average Bonchev–Trinajstić information content (AvgIpc) is 3.22. The second-order valence-corrected chi connectivity index (χ2v) is 17.0. The number of hydrogen-bond acceptors (Lipinski definition) is 6. The summed E-state index contributed by atoms with van der Waals surface area (Å²) in [6, 6.07) is -0.628. The first-order chi connectivity index (χ1) is 29.6. The highest BCUT2D eigenvalue weighted by Crippen LogP contribution is 2.13. The first-order valence-corrected chi connectivity index (χ1v) is 24.1. The number of nitrogens with zero attached hydrogens (tertiary/aromatic N) is 1. The summed E-state index contributed by atoms with van der Waals surface area (Å²) in [7, 11) is 5.51. The maximum atomic E-state index is 12.8. The largest absolute Gasteiger partial charge is 0.477 e. The zero-order valence-corrected chi connectivity index (χ0v) is 39.6. The van der Waals surface area contributed by atoms with Crippen molar-refractivity contribution in [2.45, 2.75) is 193 Å². The minimum Gasteiger partial charge on any atom is -0.477 e. The Bertz CT molecular complexity index is 1270. The van der Waals surface area contributed by atoms with Gasteiger partial charge in [-0.2, -0.15) is 0 Å². The Morgan fingerprint density at radius 3 is 1.48 bits per heavy atom. The van der Waals surface area contributed by atoms with E-state index in [0.29, 0.717) is 19.3 Å². The van der Waals surface area contributed by atoms with Crippen molar-refractivity contribution in [3.05, 3.63) is 85.1 Å². The average molecular weight is 853 g/mol. The lowest BCUT2D eigenvalue weighted by Gasteiger charge is -2.31. The molecule has 0 amide bonds. The Morgan fingerprint density at radius 2 is 0.967 bits per heavy atom. The van der Waals surface area contributed by atoms with Crippen LogP contribution < -0.4 is 0 Å². The monoisotopic (exact) mass is 853 g/mol. The van der Waals surface area contributed by atoms with Crippen LogP contribution in [0.5, 0.6) is 0 Å². The van der Waals surface area contributed by atoms with Crippen LogP contribution >= 0.6 is 0 Å². The molecule has 2 unspecified atom stereocenters. The first kappa shape index (κ1) is 57.5. The van der Waals surface area contributed by atoms with Gasteiger partial charge in [-0.15, -0.1) is 0 Å². The molecule has 0 aromatic carbocycles. The van der Waals surface area contributed by atoms with E-state index in [1.807, 2.05) is 21.1 Å². The SMILES string of the molecule is CC/C=C/C/C=C/C/C=C/C/C=C/C/C=C/CCCCCC(=O)OCC(COCCC(C(=O)O)[N+](C)(C)C)OC(=O)CCCCCCC/C=C/C=C/CCCCCCCCC. The summed E-state index contributed by atoms with van der Waals surface area (Å²) in [5, 5.41) is 9.64. The van der Waals surface area contributed by atoms with Gasteiger partial charge in [-0.1, -0.05) is 163 Å². The third kappa shape index (κ3) is 41.6. The predicted octanol–water partition coefficient (Wildman–Crippen LogP) is 13.7. The summed E-state index contributed by atoms with van der Waals surface area (Å²) in [6.07, 6.45) is 56.3. The van der Waals surface area contributed by atoms with Gasteiger partial charge in [-0.3, -0.25) is 9.59 Å². The van der Waals surface area contributed by atoms with Gasteiger partial charge >= 0.3 is 17.9 Å². The van der Waals surface area contributed by atoms with Crippen LogP contribution in [0.25, 0.3) is 0 Å². The number of aliphatic carboxylic acids is 1. The molecular formula is C53H90NO7+. The molecule has 0 aromatic rings. The Morgan fingerprint density at radius 1 is 0.525 bits per heavy atom. The van der Waals surface area contributed by atoms with Crippen molar-refractivity contribution in [1.29, 1.82) is 0 Å². The highest BCUT2D eigenvalue weighted by atomic mass is 16.6. The summed E-state index contributed by atoms with van der Waals surface area (Å²) < 4.78 is 17.3. The van der Waals surface area contributed by atoms with Gasteiger partial charge in [-0.25, -0.2) is 4.79 Å². The molecule has 0 aliphatic carbocycles. The van der Waals surface area contributed by atoms with E-state index in [1.54, 1.807) is 0 Å². The maximum absolute atomic E-state index is 12.8. The van der Waals surface area contributed by atoms with Crippen molar-refractivity contribution in [3.63, 3.8) is 0 Å². The number of unbranched alkanes of at least 4 members (excludes halogenated alkanes) is 15. The normalized spacial score (nSPS) is 13.7. The number of carboxylic acid groups (broad SMARTS) is 1. The van der Waals surface area contributed by atoms with E-state index in [4.69, 9.17) is 14.2 Å². The number of esters is 2. The van der Waals surface area contributed by atoms with Crippen molar-refractivity contribution in [1.82, 2.24) is 0 Å². The van der Waals surface area contributed by atoms with Crippen LogP contribution in [-0.2, 0) is 28.6 Å². The second-order valence-electron chi connectivity index (χ2n) is 17.0. The molecular weight excluding hydrogens is 763 g/mol. The zero-order valence-electron chi connectivity index (χ0n) is 39.6. The van der Waals surface area contributed by atoms with Gasteiger partial charge in [0.1, 0.15) is 6.61 Å². The Kier molecular flexibility index (Phi) is 40.7. The standard InChI is InChI=1S/C53H89NO7/c1-6-8-10-12-14-16-18-20-22-24-26-28-29-31-33-35-37-39-41-43-51(55)60-48-49(47-59-46-45-50(53(57)58)54(3,4)5)61-52(56)44-42-40-38-36-34-32-30-27-25-23-21-19-17-15-13-11-9-7-2/h8,10,14,16,20,22-23,25-28,30-31,33,49-50H,6-7,9,11-13,15,17-19,21,24,29,32,34-48H2,1-5H3/p+1/b10-8+,16-14+,22-20+,25-23+,28-26+,30-27+,33-31+. The fourth-order valence-electron chi connectivity index (χ4n) is 6.58. The van der Waals surface area contributed by atoms with Crippen LogP contribution in [0, 0.1) is 0 Å². The topological polar surface area (TPSA) is 99.1 Å². The third-order valence-electron chi connectivity index (χ3n) is 10.3. The molecule has 61 heavy (non-hydrogen) atoms. The van der Waals surface area contributed by atoms with Gasteiger partial charge in [-0.05, 0) is 83.5 Å². The summed E-state index contributed by atoms with van der Waals surface area (Å²) >= 11 is 0. The van der Waals surface area contributed by atoms with Gasteiger partial charge in [0.15, 0.2) is 12.1 Å². The third-order valence-corrected chi connectivity index (χ3v) is 10.3. The lowest BCUT2D eigenvalue weighted by Crippen LogP contribution is -2.50. The quantitative estimate of drug-likeness (QED) is 0.0215. The van der Waals surface area contributed by atoms with Gasteiger partial charge in [0.25, 0.3) is 0 Å². The number of likely N-dealkylation sites (N-methyl/N-ethyl adjacent to an activating group) is 1. The number of rotatable bonds is 42. The van der Waals surface area contributed by atoms with Crippen LogP contribution in [0.1, 0.15) is 181 Å². The van der Waals surface area contributed by atoms with Crippen molar-refractivity contribution < 1.29 is 38.2 Å². The fraction of sp³-hybridized carbons (Fsp3) is 0.679. The lowest BCUT2D eigenvalue weighted by molar-refractivity contribution is -0.887. The molecule has 0 fully saturated rings. The van der Waals surface area contributed by atoms with Crippen LogP contribution in [0.4, 0.5) is 0 Å². The van der Waals surface area contributed by atoms with Crippen molar-refractivity contribution in [2.75, 3.05) is 41.0 Å². The van der Waals surface area contributed by atoms with Crippen LogP contribution in [-0.4, -0.2) is 80.6 Å². The molecule has 8 nitrogen and oxygen atoms in total. The van der Waals surface area contributed by atoms with Gasteiger partial charge < -0.3 is 23.8 Å². The number of quaternary nitrogens is 1. The van der Waals surface area contributed by atoms with E-state index < -0.39 is 18.1 Å². The number of carboxylic acids is 1. The Labute approximate surface area is 373 Å². The highest BCUT2D eigenvalue weighted by molar-refractivity contribution is 5.72. The predicted molar refractivity (Wildman–Crippen MR) is 256 cm³/mol. The molecule has 8 heteroatoms. The van der Waals surface area contributed by atoms with Gasteiger partial charge in [0.05, 0.1) is 34.4 Å². The second kappa shape index (κ2) is 43.2. The molecule has 0 radical (unpaired) electrons. The summed E-state index contributed by atoms with van der Waals surface area (Å²) in [6.45, 7) is 4.56. The fourth-order valence-corrected chi connectivity index (χ4v) is 6.58. The van der Waals surface area contributed by atoms with E-state index in [-0.39, 0.29) is 36.2 Å². The summed E-state index contributed by atoms with van der Waals surface area (Å²) in [5.74, 6) is -1.54. The molecule has 0 aliphatic heterocycles. The van der Waals surface area contributed by atoms with E-state index >= 15 is 0 Å². The Balaban J connectivity index is 4.41. The molecule has 348 valence electrons. The number of carbonyl (C=O) groups is 3. The lowest BCUT2D eigenvalue weighted by atomic mass is 10.1. The molecule has 1 N–H and O–H groups in total. The molecule has 0 bridgehead atoms. The summed E-state index contributed by atoms with van der Waals surface area (Å²) in [4.78, 5) is 37.1. The minimum atomic E-state index is -0.885. The molecule has 0 aliphatic rings. The molecule has 0 saturated carbocycles. The number of hydrogen-bond donors (Lipinski definition) is 1.